The van der Waals surface area contributed by atoms with Gasteiger partial charge in [-0.15, -0.1) is 0 Å². The summed E-state index contributed by atoms with van der Waals surface area (Å²) < 4.78 is 5.91. The van der Waals surface area contributed by atoms with Gasteiger partial charge in [0.1, 0.15) is 10.9 Å². The summed E-state index contributed by atoms with van der Waals surface area (Å²) in [7, 11) is 1.75. The number of hydrogen-bond donors (Lipinski definition) is 2. The van der Waals surface area contributed by atoms with E-state index in [1.807, 2.05) is 19.9 Å². The smallest absolute Gasteiger partial charge is 0.191 e. The molecule has 5 nitrogen and oxygen atoms in total. The first kappa shape index (κ1) is 19.1. The number of pyridine rings is 1. The van der Waals surface area contributed by atoms with Crippen molar-refractivity contribution in [3.8, 4) is 5.75 Å². The highest BCUT2D eigenvalue weighted by molar-refractivity contribution is 6.29. The molecular formula is C19H25ClN4O. The molecule has 0 radical (unpaired) electrons. The summed E-state index contributed by atoms with van der Waals surface area (Å²) in [6.07, 6.45) is 1.88. The zero-order chi connectivity index (χ0) is 18.2. The first-order valence-electron chi connectivity index (χ1n) is 8.29. The molecule has 2 aromatic rings. The highest BCUT2D eigenvalue weighted by Crippen LogP contribution is 2.21. The van der Waals surface area contributed by atoms with Gasteiger partial charge in [0.15, 0.2) is 5.96 Å². The van der Waals surface area contributed by atoms with Gasteiger partial charge in [0.05, 0.1) is 6.10 Å². The number of guanidine groups is 1. The first-order chi connectivity index (χ1) is 12.0. The van der Waals surface area contributed by atoms with Gasteiger partial charge in [0.2, 0.25) is 0 Å². The quantitative estimate of drug-likeness (QED) is 0.468. The molecule has 0 fully saturated rings. The third-order valence-corrected chi connectivity index (χ3v) is 3.73. The zero-order valence-corrected chi connectivity index (χ0v) is 15.9. The Morgan fingerprint density at radius 2 is 1.96 bits per heavy atom. The normalized spacial score (nSPS) is 11.5. The van der Waals surface area contributed by atoms with Gasteiger partial charge in [0.25, 0.3) is 0 Å². The van der Waals surface area contributed by atoms with Gasteiger partial charge < -0.3 is 15.4 Å². The van der Waals surface area contributed by atoms with Crippen LogP contribution in [-0.4, -0.2) is 24.1 Å². The maximum Gasteiger partial charge on any atom is 0.191 e. The molecule has 0 bridgehead atoms. The summed E-state index contributed by atoms with van der Waals surface area (Å²) in [5.41, 5.74) is 3.30. The molecule has 2 N–H and O–H groups in total. The number of hydrogen-bond acceptors (Lipinski definition) is 3. The molecule has 2 rings (SSSR count). The van der Waals surface area contributed by atoms with Gasteiger partial charge in [-0.1, -0.05) is 29.8 Å². The van der Waals surface area contributed by atoms with Crippen molar-refractivity contribution in [1.29, 1.82) is 0 Å². The van der Waals surface area contributed by atoms with E-state index in [0.29, 0.717) is 24.2 Å². The highest BCUT2D eigenvalue weighted by atomic mass is 35.5. The molecule has 1 heterocycles. The van der Waals surface area contributed by atoms with Crippen LogP contribution in [0.3, 0.4) is 0 Å². The number of halogens is 1. The fraction of sp³-hybridized carbons (Fsp3) is 0.368. The van der Waals surface area contributed by atoms with Crippen LogP contribution in [0.5, 0.6) is 5.75 Å². The van der Waals surface area contributed by atoms with Crippen molar-refractivity contribution in [2.75, 3.05) is 7.05 Å². The summed E-state index contributed by atoms with van der Waals surface area (Å²) in [5, 5.41) is 7.06. The summed E-state index contributed by atoms with van der Waals surface area (Å²) >= 11 is 5.80. The molecule has 0 aliphatic rings. The first-order valence-corrected chi connectivity index (χ1v) is 8.67. The van der Waals surface area contributed by atoms with E-state index in [1.165, 1.54) is 5.56 Å². The van der Waals surface area contributed by atoms with Crippen LogP contribution in [0.1, 0.15) is 30.5 Å². The molecule has 1 aromatic heterocycles. The maximum absolute atomic E-state index is 5.91. The number of nitrogens with zero attached hydrogens (tertiary/aromatic N) is 2. The standard InChI is InChI=1S/C19H25ClN4O/c1-13(2)25-17-9-14(3)5-7-16(17)12-24-19(21-4)23-11-15-6-8-18(20)22-10-15/h5-10,13H,11-12H2,1-4H3,(H2,21,23,24). The van der Waals surface area contributed by atoms with Crippen LogP contribution in [0.2, 0.25) is 5.15 Å². The van der Waals surface area contributed by atoms with Crippen LogP contribution in [-0.2, 0) is 13.1 Å². The third-order valence-electron chi connectivity index (χ3n) is 3.50. The Morgan fingerprint density at radius 1 is 1.20 bits per heavy atom. The summed E-state index contributed by atoms with van der Waals surface area (Å²) in [4.78, 5) is 8.32. The predicted molar refractivity (Wildman–Crippen MR) is 103 cm³/mol. The van der Waals surface area contributed by atoms with Gasteiger partial charge >= 0.3 is 0 Å². The lowest BCUT2D eigenvalue weighted by atomic mass is 10.1. The van der Waals surface area contributed by atoms with Crippen molar-refractivity contribution in [3.63, 3.8) is 0 Å². The Labute approximate surface area is 154 Å². The van der Waals surface area contributed by atoms with E-state index in [-0.39, 0.29) is 6.10 Å². The topological polar surface area (TPSA) is 58.5 Å². The zero-order valence-electron chi connectivity index (χ0n) is 15.1. The predicted octanol–water partition coefficient (Wildman–Crippen LogP) is 3.70. The lowest BCUT2D eigenvalue weighted by Crippen LogP contribution is -2.36. The van der Waals surface area contributed by atoms with E-state index < -0.39 is 0 Å². The van der Waals surface area contributed by atoms with Crippen LogP contribution >= 0.6 is 11.6 Å². The number of rotatable bonds is 6. The van der Waals surface area contributed by atoms with Crippen LogP contribution < -0.4 is 15.4 Å². The summed E-state index contributed by atoms with van der Waals surface area (Å²) in [6, 6.07) is 9.93. The van der Waals surface area contributed by atoms with E-state index >= 15 is 0 Å². The third kappa shape index (κ3) is 6.27. The second kappa shape index (κ2) is 9.28. The number of aromatic nitrogens is 1. The number of aliphatic imine (C=N–C) groups is 1. The molecule has 0 saturated carbocycles. The molecule has 1 aromatic carbocycles. The van der Waals surface area contributed by atoms with Crippen molar-refractivity contribution in [1.82, 2.24) is 15.6 Å². The van der Waals surface area contributed by atoms with Gasteiger partial charge in [0, 0.05) is 31.9 Å². The molecule has 0 aliphatic heterocycles. The van der Waals surface area contributed by atoms with Crippen molar-refractivity contribution in [3.05, 3.63) is 58.4 Å². The van der Waals surface area contributed by atoms with Crippen molar-refractivity contribution in [2.24, 2.45) is 4.99 Å². The molecule has 25 heavy (non-hydrogen) atoms. The van der Waals surface area contributed by atoms with Crippen molar-refractivity contribution < 1.29 is 4.74 Å². The van der Waals surface area contributed by atoms with Gasteiger partial charge in [-0.2, -0.15) is 0 Å². The minimum atomic E-state index is 0.135. The van der Waals surface area contributed by atoms with E-state index in [4.69, 9.17) is 16.3 Å². The lowest BCUT2D eigenvalue weighted by molar-refractivity contribution is 0.239. The number of nitrogens with one attached hydrogen (secondary N) is 2. The fourth-order valence-electron chi connectivity index (χ4n) is 2.27. The Bertz CT molecular complexity index is 714. The molecule has 0 atom stereocenters. The van der Waals surface area contributed by atoms with Gasteiger partial charge in [-0.25, -0.2) is 4.98 Å². The average molecular weight is 361 g/mol. The Morgan fingerprint density at radius 3 is 2.60 bits per heavy atom. The molecule has 6 heteroatoms. The summed E-state index contributed by atoms with van der Waals surface area (Å²) in [6.45, 7) is 7.36. The number of ether oxygens (including phenoxy) is 1. The summed E-state index contributed by atoms with van der Waals surface area (Å²) in [5.74, 6) is 1.62. The SMILES string of the molecule is CN=C(NCc1ccc(Cl)nc1)NCc1ccc(C)cc1OC(C)C. The van der Waals surface area contributed by atoms with Gasteiger partial charge in [-0.3, -0.25) is 4.99 Å². The molecule has 0 unspecified atom stereocenters. The number of aryl methyl sites for hydroxylation is 1. The van der Waals surface area contributed by atoms with Crippen LogP contribution in [0.15, 0.2) is 41.5 Å². The van der Waals surface area contributed by atoms with E-state index in [1.54, 1.807) is 19.3 Å². The monoisotopic (exact) mass is 360 g/mol. The average Bonchev–Trinajstić information content (AvgIpc) is 2.57. The number of benzene rings is 1. The molecule has 0 saturated heterocycles. The minimum absolute atomic E-state index is 0.135. The molecule has 0 spiro atoms. The fourth-order valence-corrected chi connectivity index (χ4v) is 2.38. The maximum atomic E-state index is 5.91. The lowest BCUT2D eigenvalue weighted by Gasteiger charge is -2.17. The molecule has 0 amide bonds. The van der Waals surface area contributed by atoms with E-state index in [0.717, 1.165) is 16.9 Å². The van der Waals surface area contributed by atoms with Crippen LogP contribution in [0.4, 0.5) is 0 Å². The van der Waals surface area contributed by atoms with E-state index in [9.17, 15) is 0 Å². The van der Waals surface area contributed by atoms with Gasteiger partial charge in [-0.05, 0) is 44.0 Å². The largest absolute Gasteiger partial charge is 0.491 e. The van der Waals surface area contributed by atoms with Crippen molar-refractivity contribution in [2.45, 2.75) is 40.0 Å². The molecule has 0 aliphatic carbocycles. The Hall–Kier alpha value is -2.27. The highest BCUT2D eigenvalue weighted by Gasteiger charge is 2.07. The van der Waals surface area contributed by atoms with E-state index in [2.05, 4.69) is 45.7 Å². The molecule has 134 valence electrons. The van der Waals surface area contributed by atoms with Crippen molar-refractivity contribution >= 4 is 17.6 Å². The van der Waals surface area contributed by atoms with Crippen LogP contribution in [0, 0.1) is 6.92 Å². The second-order valence-corrected chi connectivity index (χ2v) is 6.43. The van der Waals surface area contributed by atoms with Crippen LogP contribution in [0.25, 0.3) is 0 Å². The minimum Gasteiger partial charge on any atom is -0.491 e. The Kier molecular flexibility index (Phi) is 7.07. The second-order valence-electron chi connectivity index (χ2n) is 6.05. The molecular weight excluding hydrogens is 336 g/mol. The Balaban J connectivity index is 1.95.